The van der Waals surface area contributed by atoms with Crippen molar-refractivity contribution < 1.29 is 14.6 Å². The minimum Gasteiger partial charge on any atom is -0.494 e. The van der Waals surface area contributed by atoms with E-state index >= 15 is 0 Å². The third-order valence-corrected chi connectivity index (χ3v) is 5.50. The van der Waals surface area contributed by atoms with E-state index in [0.29, 0.717) is 6.42 Å². The number of H-pyrrole nitrogens is 2. The van der Waals surface area contributed by atoms with Crippen molar-refractivity contribution in [2.24, 2.45) is 4.99 Å². The molecular formula is C25H33N3O3. The summed E-state index contributed by atoms with van der Waals surface area (Å²) in [5, 5.41) is 8.63. The van der Waals surface area contributed by atoms with Crippen LogP contribution in [0.15, 0.2) is 47.2 Å². The van der Waals surface area contributed by atoms with Crippen molar-refractivity contribution in [3.05, 3.63) is 47.9 Å². The number of methoxy groups -OCH3 is 1. The van der Waals surface area contributed by atoms with Gasteiger partial charge in [0.15, 0.2) is 0 Å². The molecule has 3 N–H and O–H groups in total. The molecule has 1 aliphatic rings. The number of rotatable bonds is 14. The first-order valence-corrected chi connectivity index (χ1v) is 11.3. The lowest BCUT2D eigenvalue weighted by atomic mass is 10.1. The highest BCUT2D eigenvalue weighted by Gasteiger charge is 2.11. The van der Waals surface area contributed by atoms with Crippen LogP contribution in [-0.4, -0.2) is 33.9 Å². The maximum absolute atomic E-state index is 10.5. The Morgan fingerprint density at radius 3 is 2.48 bits per heavy atom. The zero-order valence-electron chi connectivity index (χ0n) is 18.3. The fourth-order valence-corrected chi connectivity index (χ4v) is 3.80. The average Bonchev–Trinajstić information content (AvgIpc) is 3.50. The zero-order valence-corrected chi connectivity index (χ0v) is 18.3. The van der Waals surface area contributed by atoms with E-state index in [2.05, 4.69) is 22.1 Å². The number of ether oxygens (including phenoxy) is 1. The van der Waals surface area contributed by atoms with E-state index in [9.17, 15) is 4.79 Å². The van der Waals surface area contributed by atoms with E-state index in [-0.39, 0.29) is 0 Å². The third-order valence-electron chi connectivity index (χ3n) is 5.50. The second-order valence-electron chi connectivity index (χ2n) is 7.98. The summed E-state index contributed by atoms with van der Waals surface area (Å²) < 4.78 is 5.52. The maximum atomic E-state index is 10.5. The van der Waals surface area contributed by atoms with E-state index < -0.39 is 5.97 Å². The lowest BCUT2D eigenvalue weighted by Gasteiger charge is -2.02. The predicted octanol–water partition coefficient (Wildman–Crippen LogP) is 6.36. The number of aromatic nitrogens is 2. The van der Waals surface area contributed by atoms with Crippen molar-refractivity contribution in [2.45, 2.75) is 64.2 Å². The van der Waals surface area contributed by atoms with Crippen LogP contribution in [0.4, 0.5) is 0 Å². The molecule has 1 aliphatic heterocycles. The summed E-state index contributed by atoms with van der Waals surface area (Å²) in [7, 11) is 1.68. The molecule has 0 bridgehead atoms. The fraction of sp³-hybridized carbons (Fsp3) is 0.440. The van der Waals surface area contributed by atoms with Gasteiger partial charge in [-0.15, -0.1) is 0 Å². The molecule has 6 nitrogen and oxygen atoms in total. The summed E-state index contributed by atoms with van der Waals surface area (Å²) in [5.74, 6) is 0.118. The number of carboxylic acids is 1. The van der Waals surface area contributed by atoms with Gasteiger partial charge < -0.3 is 19.8 Å². The van der Waals surface area contributed by atoms with Gasteiger partial charge in [0.25, 0.3) is 0 Å². The zero-order chi connectivity index (χ0) is 21.9. The summed E-state index contributed by atoms with van der Waals surface area (Å²) in [6.45, 7) is 0. The first-order valence-electron chi connectivity index (χ1n) is 11.3. The Labute approximate surface area is 184 Å². The number of hydrogen-bond donors (Lipinski definition) is 3. The standard InChI is InChI=1S/C25H33N3O3/c1-31-24-18-22(21-12-10-16-26-21)28-23(24)17-20-15-14-19(27-20)11-8-6-4-2-3-5-7-9-13-25(29)30/h10,12,14-18,26,28H,2-9,11,13H2,1H3,(H,29,30)/b20-17-. The summed E-state index contributed by atoms with van der Waals surface area (Å²) in [4.78, 5) is 21.8. The largest absolute Gasteiger partial charge is 0.494 e. The van der Waals surface area contributed by atoms with Gasteiger partial charge in [0.2, 0.25) is 0 Å². The summed E-state index contributed by atoms with van der Waals surface area (Å²) in [5.41, 5.74) is 5.00. The molecule has 0 spiro atoms. The molecule has 0 saturated carbocycles. The van der Waals surface area contributed by atoms with Crippen molar-refractivity contribution in [3.63, 3.8) is 0 Å². The molecule has 0 aromatic carbocycles. The Bertz CT molecular complexity index is 920. The first-order chi connectivity index (χ1) is 15.2. The molecule has 166 valence electrons. The predicted molar refractivity (Wildman–Crippen MR) is 125 cm³/mol. The number of carboxylic acid groups (broad SMARTS) is 1. The monoisotopic (exact) mass is 423 g/mol. The van der Waals surface area contributed by atoms with E-state index in [1.807, 2.05) is 30.5 Å². The van der Waals surface area contributed by atoms with Crippen LogP contribution in [0.2, 0.25) is 0 Å². The first kappa shape index (κ1) is 22.7. The molecule has 2 aromatic heterocycles. The Hall–Kier alpha value is -3.02. The van der Waals surface area contributed by atoms with Crippen LogP contribution in [0, 0.1) is 0 Å². The van der Waals surface area contributed by atoms with Crippen LogP contribution in [0.1, 0.15) is 69.9 Å². The number of carbonyl (C=O) groups is 1. The Morgan fingerprint density at radius 2 is 1.81 bits per heavy atom. The minimum atomic E-state index is -0.685. The molecule has 6 heteroatoms. The molecule has 0 radical (unpaired) electrons. The van der Waals surface area contributed by atoms with Crippen molar-refractivity contribution in [2.75, 3.05) is 7.11 Å². The number of nitrogens with zero attached hydrogens (tertiary/aromatic N) is 1. The maximum Gasteiger partial charge on any atom is 0.303 e. The van der Waals surface area contributed by atoms with Gasteiger partial charge in [-0.05, 0) is 49.6 Å². The summed E-state index contributed by atoms with van der Waals surface area (Å²) in [6, 6.07) is 5.99. The topological polar surface area (TPSA) is 90.5 Å². The summed E-state index contributed by atoms with van der Waals surface area (Å²) >= 11 is 0. The lowest BCUT2D eigenvalue weighted by Crippen LogP contribution is -1.93. The van der Waals surface area contributed by atoms with E-state index in [4.69, 9.17) is 14.8 Å². The molecule has 3 heterocycles. The molecule has 3 rings (SSSR count). The number of hydrogen-bond acceptors (Lipinski definition) is 3. The SMILES string of the molecule is COc1cc(-c2ccc[nH]2)[nH]c1/C=C1/C=CC(CCCCCCCCCCC(=O)O)=N1. The molecule has 0 fully saturated rings. The van der Waals surface area contributed by atoms with Crippen LogP contribution in [0.3, 0.4) is 0 Å². The molecule has 2 aromatic rings. The molecule has 0 amide bonds. The number of allylic oxidation sites excluding steroid dienone is 2. The normalized spacial score (nSPS) is 14.4. The van der Waals surface area contributed by atoms with Crippen molar-refractivity contribution >= 4 is 17.8 Å². The molecular weight excluding hydrogens is 390 g/mol. The number of nitrogens with one attached hydrogen (secondary N) is 2. The van der Waals surface area contributed by atoms with Gasteiger partial charge >= 0.3 is 5.97 Å². The van der Waals surface area contributed by atoms with Gasteiger partial charge in [0.05, 0.1) is 29.9 Å². The Balaban J connectivity index is 1.38. The van der Waals surface area contributed by atoms with Gasteiger partial charge in [-0.3, -0.25) is 9.79 Å². The van der Waals surface area contributed by atoms with Crippen LogP contribution >= 0.6 is 0 Å². The van der Waals surface area contributed by atoms with Gasteiger partial charge in [-0.1, -0.05) is 38.5 Å². The van der Waals surface area contributed by atoms with E-state index in [1.54, 1.807) is 7.11 Å². The molecule has 0 atom stereocenters. The lowest BCUT2D eigenvalue weighted by molar-refractivity contribution is -0.137. The highest BCUT2D eigenvalue weighted by atomic mass is 16.5. The molecule has 0 saturated heterocycles. The number of aliphatic imine (C=N–C) groups is 1. The highest BCUT2D eigenvalue weighted by molar-refractivity contribution is 5.99. The number of unbranched alkanes of at least 4 members (excludes halogenated alkanes) is 7. The fourth-order valence-electron chi connectivity index (χ4n) is 3.80. The van der Waals surface area contributed by atoms with Gasteiger partial charge in [0.1, 0.15) is 5.75 Å². The quantitative estimate of drug-likeness (QED) is 0.309. The van der Waals surface area contributed by atoms with Crippen molar-refractivity contribution in [1.82, 2.24) is 9.97 Å². The van der Waals surface area contributed by atoms with Crippen LogP contribution in [-0.2, 0) is 4.79 Å². The molecule has 0 unspecified atom stereocenters. The molecule has 31 heavy (non-hydrogen) atoms. The van der Waals surface area contributed by atoms with Gasteiger partial charge in [-0.2, -0.15) is 0 Å². The highest BCUT2D eigenvalue weighted by Crippen LogP contribution is 2.29. The van der Waals surface area contributed by atoms with Gasteiger partial charge in [0, 0.05) is 24.4 Å². The Kier molecular flexibility index (Phi) is 8.76. The van der Waals surface area contributed by atoms with Crippen molar-refractivity contribution in [3.8, 4) is 17.1 Å². The van der Waals surface area contributed by atoms with E-state index in [0.717, 1.165) is 66.3 Å². The van der Waals surface area contributed by atoms with Crippen LogP contribution in [0.25, 0.3) is 17.5 Å². The van der Waals surface area contributed by atoms with Crippen LogP contribution < -0.4 is 4.74 Å². The van der Waals surface area contributed by atoms with Crippen LogP contribution in [0.5, 0.6) is 5.75 Å². The second-order valence-corrected chi connectivity index (χ2v) is 7.98. The average molecular weight is 424 g/mol. The number of aromatic amines is 2. The summed E-state index contributed by atoms with van der Waals surface area (Å²) in [6.07, 6.45) is 18.4. The van der Waals surface area contributed by atoms with Gasteiger partial charge in [-0.25, -0.2) is 0 Å². The number of aliphatic carboxylic acids is 1. The smallest absolute Gasteiger partial charge is 0.303 e. The Morgan fingerprint density at radius 1 is 1.06 bits per heavy atom. The van der Waals surface area contributed by atoms with E-state index in [1.165, 1.54) is 25.7 Å². The minimum absolute atomic E-state index is 0.302. The third kappa shape index (κ3) is 7.31. The van der Waals surface area contributed by atoms with Crippen molar-refractivity contribution in [1.29, 1.82) is 0 Å². The molecule has 0 aliphatic carbocycles. The second kappa shape index (κ2) is 12.0.